The number of allylic oxidation sites excluding steroid dienone is 2. The minimum Gasteiger partial charge on any atom is -0.378 e. The van der Waals surface area contributed by atoms with Crippen molar-refractivity contribution in [3.8, 4) is 18.2 Å². The molecule has 0 bridgehead atoms. The normalized spacial score (nSPS) is 13.8. The van der Waals surface area contributed by atoms with E-state index in [1.807, 2.05) is 24.3 Å². The van der Waals surface area contributed by atoms with Crippen molar-refractivity contribution in [3.05, 3.63) is 44.5 Å². The zero-order chi connectivity index (χ0) is 18.4. The predicted octanol–water partition coefficient (Wildman–Crippen LogP) is 4.14. The van der Waals surface area contributed by atoms with Crippen LogP contribution in [0.25, 0.3) is 17.7 Å². The molecule has 3 heterocycles. The molecule has 0 radical (unpaired) electrons. The van der Waals surface area contributed by atoms with Crippen molar-refractivity contribution in [1.29, 1.82) is 15.8 Å². The number of ether oxygens (including phenoxy) is 1. The third-order valence-corrected chi connectivity index (χ3v) is 5.99. The molecule has 128 valence electrons. The first kappa shape index (κ1) is 17.9. The number of morpholine rings is 1. The van der Waals surface area contributed by atoms with E-state index in [-0.39, 0.29) is 11.1 Å². The molecule has 0 aromatic carbocycles. The SMILES string of the molecule is N#CC(C#N)=C(C#N)c1ccc(/C=C/c2ccc(N3CCOCC3)s2)s1. The van der Waals surface area contributed by atoms with E-state index in [0.29, 0.717) is 4.88 Å². The van der Waals surface area contributed by atoms with Gasteiger partial charge in [-0.15, -0.1) is 22.7 Å². The quantitative estimate of drug-likeness (QED) is 0.747. The minimum atomic E-state index is -0.154. The number of nitrogens with zero attached hydrogens (tertiary/aromatic N) is 4. The molecule has 2 aromatic heterocycles. The lowest BCUT2D eigenvalue weighted by atomic mass is 10.1. The maximum absolute atomic E-state index is 9.22. The zero-order valence-corrected chi connectivity index (χ0v) is 15.4. The van der Waals surface area contributed by atoms with E-state index in [4.69, 9.17) is 15.3 Å². The van der Waals surface area contributed by atoms with E-state index < -0.39 is 0 Å². The van der Waals surface area contributed by atoms with E-state index in [1.54, 1.807) is 29.5 Å². The molecular formula is C19H14N4OS2. The van der Waals surface area contributed by atoms with Gasteiger partial charge in [-0.05, 0) is 36.4 Å². The molecule has 3 rings (SSSR count). The number of rotatable bonds is 4. The van der Waals surface area contributed by atoms with Crippen LogP contribution in [-0.4, -0.2) is 26.3 Å². The molecule has 26 heavy (non-hydrogen) atoms. The summed E-state index contributed by atoms with van der Waals surface area (Å²) in [6.45, 7) is 3.37. The molecule has 0 aliphatic carbocycles. The monoisotopic (exact) mass is 378 g/mol. The van der Waals surface area contributed by atoms with Crippen molar-refractivity contribution in [2.45, 2.75) is 0 Å². The molecule has 0 N–H and O–H groups in total. The number of anilines is 1. The second kappa shape index (κ2) is 8.47. The smallest absolute Gasteiger partial charge is 0.148 e. The lowest BCUT2D eigenvalue weighted by Gasteiger charge is -2.27. The summed E-state index contributed by atoms with van der Waals surface area (Å²) < 4.78 is 5.38. The van der Waals surface area contributed by atoms with Gasteiger partial charge < -0.3 is 9.64 Å². The second-order valence-corrected chi connectivity index (χ2v) is 7.61. The Morgan fingerprint density at radius 2 is 1.58 bits per heavy atom. The van der Waals surface area contributed by atoms with Crippen LogP contribution >= 0.6 is 22.7 Å². The van der Waals surface area contributed by atoms with Gasteiger partial charge in [-0.2, -0.15) is 15.8 Å². The molecule has 0 amide bonds. The van der Waals surface area contributed by atoms with E-state index in [0.717, 1.165) is 36.1 Å². The Balaban J connectivity index is 1.75. The summed E-state index contributed by atoms with van der Waals surface area (Å²) in [5.41, 5.74) is -0.0244. The summed E-state index contributed by atoms with van der Waals surface area (Å²) in [5, 5.41) is 28.4. The Morgan fingerprint density at radius 1 is 0.923 bits per heavy atom. The zero-order valence-electron chi connectivity index (χ0n) is 13.8. The average Bonchev–Trinajstić information content (AvgIpc) is 3.34. The number of thiophene rings is 2. The van der Waals surface area contributed by atoms with Gasteiger partial charge >= 0.3 is 0 Å². The van der Waals surface area contributed by atoms with Crippen LogP contribution in [0.4, 0.5) is 5.00 Å². The van der Waals surface area contributed by atoms with Crippen LogP contribution in [0.3, 0.4) is 0 Å². The highest BCUT2D eigenvalue weighted by molar-refractivity contribution is 7.17. The van der Waals surface area contributed by atoms with E-state index in [2.05, 4.69) is 17.0 Å². The average molecular weight is 378 g/mol. The highest BCUT2D eigenvalue weighted by Crippen LogP contribution is 2.30. The fourth-order valence-electron chi connectivity index (χ4n) is 2.50. The Labute approximate surface area is 159 Å². The molecule has 0 saturated carbocycles. The van der Waals surface area contributed by atoms with Crippen molar-refractivity contribution >= 4 is 45.4 Å². The largest absolute Gasteiger partial charge is 0.378 e. The molecule has 1 fully saturated rings. The van der Waals surface area contributed by atoms with Crippen LogP contribution in [0.1, 0.15) is 14.6 Å². The Bertz CT molecular complexity index is 956. The highest BCUT2D eigenvalue weighted by Gasteiger charge is 2.13. The summed E-state index contributed by atoms with van der Waals surface area (Å²) in [7, 11) is 0. The Kier molecular flexibility index (Phi) is 5.84. The van der Waals surface area contributed by atoms with E-state index in [1.165, 1.54) is 16.3 Å². The van der Waals surface area contributed by atoms with Gasteiger partial charge in [0.05, 0.1) is 23.8 Å². The summed E-state index contributed by atoms with van der Waals surface area (Å²) in [4.78, 5) is 5.06. The van der Waals surface area contributed by atoms with Gasteiger partial charge in [0.25, 0.3) is 0 Å². The first-order valence-electron chi connectivity index (χ1n) is 7.90. The van der Waals surface area contributed by atoms with Gasteiger partial charge in [0.2, 0.25) is 0 Å². The number of hydrogen-bond donors (Lipinski definition) is 0. The molecule has 0 atom stereocenters. The molecule has 2 aromatic rings. The van der Waals surface area contributed by atoms with Crippen LogP contribution in [0.2, 0.25) is 0 Å². The predicted molar refractivity (Wildman–Crippen MR) is 104 cm³/mol. The second-order valence-electron chi connectivity index (χ2n) is 5.40. The lowest BCUT2D eigenvalue weighted by Crippen LogP contribution is -2.35. The van der Waals surface area contributed by atoms with Crippen LogP contribution in [0.15, 0.2) is 29.8 Å². The molecule has 0 unspecified atom stereocenters. The minimum absolute atomic E-state index is 0.130. The topological polar surface area (TPSA) is 83.8 Å². The maximum Gasteiger partial charge on any atom is 0.148 e. The van der Waals surface area contributed by atoms with Crippen molar-refractivity contribution in [1.82, 2.24) is 0 Å². The fraction of sp³-hybridized carbons (Fsp3) is 0.211. The van der Waals surface area contributed by atoms with Gasteiger partial charge in [0, 0.05) is 27.7 Å². The summed E-state index contributed by atoms with van der Waals surface area (Å²) in [6, 6.07) is 13.4. The van der Waals surface area contributed by atoms with E-state index in [9.17, 15) is 5.26 Å². The maximum atomic E-state index is 9.22. The third kappa shape index (κ3) is 4.02. The van der Waals surface area contributed by atoms with E-state index >= 15 is 0 Å². The number of nitriles is 3. The molecule has 1 aliphatic rings. The molecule has 7 heteroatoms. The standard InChI is InChI=1S/C19H14N4OS2/c20-11-14(12-21)17(13-22)18-5-3-15(25-18)1-2-16-4-6-19(26-16)23-7-9-24-10-8-23/h1-6H,7-10H2/b2-1+. The van der Waals surface area contributed by atoms with Crippen molar-refractivity contribution in [3.63, 3.8) is 0 Å². The van der Waals surface area contributed by atoms with Crippen molar-refractivity contribution < 1.29 is 4.74 Å². The molecule has 1 aliphatic heterocycles. The fourth-order valence-corrected chi connectivity index (χ4v) is 4.37. The highest BCUT2D eigenvalue weighted by atomic mass is 32.1. The van der Waals surface area contributed by atoms with Crippen molar-refractivity contribution in [2.75, 3.05) is 31.2 Å². The molecular weight excluding hydrogens is 364 g/mol. The molecule has 0 spiro atoms. The first-order valence-corrected chi connectivity index (χ1v) is 9.54. The van der Waals surface area contributed by atoms with Gasteiger partial charge in [0.1, 0.15) is 23.8 Å². The van der Waals surface area contributed by atoms with Crippen LogP contribution in [0, 0.1) is 34.0 Å². The number of hydrogen-bond acceptors (Lipinski definition) is 7. The van der Waals surface area contributed by atoms with Gasteiger partial charge in [-0.25, -0.2) is 0 Å². The lowest BCUT2D eigenvalue weighted by molar-refractivity contribution is 0.123. The molecule has 1 saturated heterocycles. The Morgan fingerprint density at radius 3 is 2.23 bits per heavy atom. The summed E-state index contributed by atoms with van der Waals surface area (Å²) in [6.07, 6.45) is 4.02. The summed E-state index contributed by atoms with van der Waals surface area (Å²) >= 11 is 3.12. The third-order valence-electron chi connectivity index (χ3n) is 3.81. The van der Waals surface area contributed by atoms with Crippen LogP contribution in [-0.2, 0) is 4.74 Å². The summed E-state index contributed by atoms with van der Waals surface area (Å²) in [5.74, 6) is 0. The van der Waals surface area contributed by atoms with Crippen LogP contribution < -0.4 is 4.90 Å². The Hall–Kier alpha value is -2.89. The first-order chi connectivity index (χ1) is 12.7. The molecule has 5 nitrogen and oxygen atoms in total. The van der Waals surface area contributed by atoms with Gasteiger partial charge in [-0.3, -0.25) is 0 Å². The van der Waals surface area contributed by atoms with Crippen LogP contribution in [0.5, 0.6) is 0 Å². The van der Waals surface area contributed by atoms with Crippen molar-refractivity contribution in [2.24, 2.45) is 0 Å². The van der Waals surface area contributed by atoms with Gasteiger partial charge in [-0.1, -0.05) is 0 Å². The van der Waals surface area contributed by atoms with Gasteiger partial charge in [0.15, 0.2) is 0 Å².